The normalized spacial score (nSPS) is 32.6. The number of hydrogen-bond acceptors (Lipinski definition) is 1. The summed E-state index contributed by atoms with van der Waals surface area (Å²) in [6, 6.07) is 0.826. The molecule has 0 amide bonds. The molecule has 1 nitrogen and oxygen atoms in total. The van der Waals surface area contributed by atoms with Gasteiger partial charge in [-0.25, -0.2) is 0 Å². The van der Waals surface area contributed by atoms with Gasteiger partial charge in [-0.3, -0.25) is 4.90 Å². The van der Waals surface area contributed by atoms with Crippen LogP contribution in [0.1, 0.15) is 45.4 Å². The minimum Gasteiger partial charge on any atom is -0.299 e. The van der Waals surface area contributed by atoms with E-state index in [-0.39, 0.29) is 0 Å². The number of rotatable bonds is 3. The Morgan fingerprint density at radius 2 is 2.00 bits per heavy atom. The lowest BCUT2D eigenvalue weighted by Gasteiger charge is -2.33. The SMILES string of the molecule is CC1(CN2CCCC2CBr)CCCC1. The number of nitrogens with zero attached hydrogens (tertiary/aromatic N) is 1. The third-order valence-corrected chi connectivity index (χ3v) is 4.82. The molecule has 1 saturated heterocycles. The summed E-state index contributed by atoms with van der Waals surface area (Å²) in [5.41, 5.74) is 0.644. The van der Waals surface area contributed by atoms with Gasteiger partial charge in [-0.05, 0) is 37.6 Å². The van der Waals surface area contributed by atoms with Crippen LogP contribution in [-0.4, -0.2) is 29.4 Å². The first-order valence-corrected chi connectivity index (χ1v) is 7.16. The van der Waals surface area contributed by atoms with Crippen LogP contribution in [0.25, 0.3) is 0 Å². The van der Waals surface area contributed by atoms with E-state index in [0.29, 0.717) is 5.41 Å². The fourth-order valence-corrected chi connectivity index (χ4v) is 3.89. The van der Waals surface area contributed by atoms with Gasteiger partial charge in [-0.2, -0.15) is 0 Å². The number of halogens is 1. The molecule has 2 fully saturated rings. The zero-order valence-corrected chi connectivity index (χ0v) is 10.9. The predicted molar refractivity (Wildman–Crippen MR) is 65.0 cm³/mol. The highest BCUT2D eigenvalue weighted by Gasteiger charge is 2.34. The Morgan fingerprint density at radius 1 is 1.29 bits per heavy atom. The van der Waals surface area contributed by atoms with E-state index in [1.165, 1.54) is 56.9 Å². The third-order valence-electron chi connectivity index (χ3n) is 4.07. The van der Waals surface area contributed by atoms with Gasteiger partial charge in [0.25, 0.3) is 0 Å². The maximum atomic E-state index is 3.64. The Labute approximate surface area is 96.4 Å². The van der Waals surface area contributed by atoms with E-state index in [0.717, 1.165) is 6.04 Å². The standard InChI is InChI=1S/C12H22BrN/c1-12(6-2-3-7-12)10-14-8-4-5-11(14)9-13/h11H,2-10H2,1H3. The Hall–Kier alpha value is 0.440. The molecular weight excluding hydrogens is 238 g/mol. The molecule has 0 bridgehead atoms. The molecule has 0 aromatic heterocycles. The summed E-state index contributed by atoms with van der Waals surface area (Å²) in [6.45, 7) is 5.18. The second kappa shape index (κ2) is 4.52. The van der Waals surface area contributed by atoms with Crippen LogP contribution in [0.4, 0.5) is 0 Å². The summed E-state index contributed by atoms with van der Waals surface area (Å²) in [4.78, 5) is 2.72. The van der Waals surface area contributed by atoms with Crippen LogP contribution in [-0.2, 0) is 0 Å². The molecule has 0 aromatic carbocycles. The van der Waals surface area contributed by atoms with Crippen molar-refractivity contribution in [3.8, 4) is 0 Å². The van der Waals surface area contributed by atoms with E-state index in [1.807, 2.05) is 0 Å². The van der Waals surface area contributed by atoms with Crippen molar-refractivity contribution < 1.29 is 0 Å². The highest BCUT2D eigenvalue weighted by molar-refractivity contribution is 9.09. The van der Waals surface area contributed by atoms with Crippen LogP contribution in [0.3, 0.4) is 0 Å². The van der Waals surface area contributed by atoms with E-state index >= 15 is 0 Å². The van der Waals surface area contributed by atoms with Crippen LogP contribution >= 0.6 is 15.9 Å². The number of alkyl halides is 1. The molecule has 82 valence electrons. The smallest absolute Gasteiger partial charge is 0.0193 e. The Balaban J connectivity index is 1.89. The molecule has 14 heavy (non-hydrogen) atoms. The minimum atomic E-state index is 0.644. The van der Waals surface area contributed by atoms with E-state index in [4.69, 9.17) is 0 Å². The number of hydrogen-bond donors (Lipinski definition) is 0. The lowest BCUT2D eigenvalue weighted by atomic mass is 9.88. The molecule has 1 atom stereocenters. The van der Waals surface area contributed by atoms with Crippen LogP contribution < -0.4 is 0 Å². The van der Waals surface area contributed by atoms with Gasteiger partial charge in [0.1, 0.15) is 0 Å². The maximum Gasteiger partial charge on any atom is 0.0193 e. The van der Waals surface area contributed by atoms with Gasteiger partial charge in [0.2, 0.25) is 0 Å². The van der Waals surface area contributed by atoms with Crippen molar-refractivity contribution in [2.75, 3.05) is 18.4 Å². The molecule has 2 heteroatoms. The number of likely N-dealkylation sites (tertiary alicyclic amines) is 1. The largest absolute Gasteiger partial charge is 0.299 e. The molecule has 1 aliphatic carbocycles. The Bertz CT molecular complexity index is 187. The first-order valence-electron chi connectivity index (χ1n) is 6.04. The van der Waals surface area contributed by atoms with Gasteiger partial charge >= 0.3 is 0 Å². The van der Waals surface area contributed by atoms with Gasteiger partial charge in [0.05, 0.1) is 0 Å². The topological polar surface area (TPSA) is 3.24 Å². The molecule has 1 heterocycles. The summed E-state index contributed by atoms with van der Waals surface area (Å²) in [7, 11) is 0. The molecule has 1 aliphatic heterocycles. The molecule has 2 aliphatic rings. The van der Waals surface area contributed by atoms with E-state index in [2.05, 4.69) is 27.8 Å². The second-order valence-electron chi connectivity index (χ2n) is 5.44. The van der Waals surface area contributed by atoms with Gasteiger partial charge in [-0.1, -0.05) is 35.7 Å². The van der Waals surface area contributed by atoms with Gasteiger partial charge in [-0.15, -0.1) is 0 Å². The average Bonchev–Trinajstić information content (AvgIpc) is 2.75. The van der Waals surface area contributed by atoms with E-state index < -0.39 is 0 Å². The van der Waals surface area contributed by atoms with Crippen LogP contribution in [0.15, 0.2) is 0 Å². The van der Waals surface area contributed by atoms with Gasteiger partial charge in [0, 0.05) is 17.9 Å². The van der Waals surface area contributed by atoms with Gasteiger partial charge < -0.3 is 0 Å². The maximum absolute atomic E-state index is 3.64. The summed E-state index contributed by atoms with van der Waals surface area (Å²) < 4.78 is 0. The fraction of sp³-hybridized carbons (Fsp3) is 1.00. The predicted octanol–water partition coefficient (Wildman–Crippen LogP) is 3.43. The van der Waals surface area contributed by atoms with E-state index in [9.17, 15) is 0 Å². The molecule has 0 spiro atoms. The quantitative estimate of drug-likeness (QED) is 0.703. The summed E-state index contributed by atoms with van der Waals surface area (Å²) >= 11 is 3.64. The van der Waals surface area contributed by atoms with Crippen molar-refractivity contribution in [1.82, 2.24) is 4.90 Å². The molecular formula is C12H22BrN. The average molecular weight is 260 g/mol. The second-order valence-corrected chi connectivity index (χ2v) is 6.09. The van der Waals surface area contributed by atoms with Crippen LogP contribution in [0.5, 0.6) is 0 Å². The third kappa shape index (κ3) is 2.33. The van der Waals surface area contributed by atoms with Crippen LogP contribution in [0, 0.1) is 5.41 Å². The summed E-state index contributed by atoms with van der Waals surface area (Å²) in [5, 5.41) is 1.17. The summed E-state index contributed by atoms with van der Waals surface area (Å²) in [5.74, 6) is 0. The lowest BCUT2D eigenvalue weighted by molar-refractivity contribution is 0.165. The molecule has 2 rings (SSSR count). The monoisotopic (exact) mass is 259 g/mol. The van der Waals surface area contributed by atoms with Crippen molar-refractivity contribution in [1.29, 1.82) is 0 Å². The molecule has 1 unspecified atom stereocenters. The zero-order chi connectivity index (χ0) is 10.0. The van der Waals surface area contributed by atoms with Crippen LogP contribution in [0.2, 0.25) is 0 Å². The highest BCUT2D eigenvalue weighted by Crippen LogP contribution is 2.39. The van der Waals surface area contributed by atoms with Crippen molar-refractivity contribution in [2.45, 2.75) is 51.5 Å². The summed E-state index contributed by atoms with van der Waals surface area (Å²) in [6.07, 6.45) is 8.65. The van der Waals surface area contributed by atoms with Crippen molar-refractivity contribution in [3.05, 3.63) is 0 Å². The molecule has 0 radical (unpaired) electrons. The molecule has 0 aromatic rings. The first kappa shape index (κ1) is 10.9. The molecule has 1 saturated carbocycles. The van der Waals surface area contributed by atoms with Crippen molar-refractivity contribution >= 4 is 15.9 Å². The molecule has 0 N–H and O–H groups in total. The zero-order valence-electron chi connectivity index (χ0n) is 9.27. The minimum absolute atomic E-state index is 0.644. The Morgan fingerprint density at radius 3 is 2.64 bits per heavy atom. The fourth-order valence-electron chi connectivity index (χ4n) is 3.16. The Kier molecular flexibility index (Phi) is 3.54. The first-order chi connectivity index (χ1) is 6.73. The van der Waals surface area contributed by atoms with Crippen molar-refractivity contribution in [3.63, 3.8) is 0 Å². The van der Waals surface area contributed by atoms with Crippen molar-refractivity contribution in [2.24, 2.45) is 5.41 Å². The highest BCUT2D eigenvalue weighted by atomic mass is 79.9. The lowest BCUT2D eigenvalue weighted by Crippen LogP contribution is -2.38. The van der Waals surface area contributed by atoms with E-state index in [1.54, 1.807) is 0 Å². The van der Waals surface area contributed by atoms with Gasteiger partial charge in [0.15, 0.2) is 0 Å².